The van der Waals surface area contributed by atoms with Gasteiger partial charge in [-0.3, -0.25) is 0 Å². The summed E-state index contributed by atoms with van der Waals surface area (Å²) in [4.78, 5) is 14.2. The lowest BCUT2D eigenvalue weighted by molar-refractivity contribution is -0.145. The topological polar surface area (TPSA) is 52.6 Å². The number of carboxylic acid groups (broad SMARTS) is 1. The molecule has 0 bridgehead atoms. The maximum Gasteiger partial charge on any atom is 0.328 e. The maximum atomic E-state index is 11.9. The van der Waals surface area contributed by atoms with E-state index in [-0.39, 0.29) is 0 Å². The van der Waals surface area contributed by atoms with Crippen LogP contribution in [0.4, 0.5) is 0 Å². The lowest BCUT2D eigenvalue weighted by Gasteiger charge is -2.34. The molecule has 21 heavy (non-hydrogen) atoms. The van der Waals surface area contributed by atoms with Gasteiger partial charge in [-0.25, -0.2) is 4.79 Å². The summed E-state index contributed by atoms with van der Waals surface area (Å²) < 4.78 is 0. The van der Waals surface area contributed by atoms with E-state index in [9.17, 15) is 9.90 Å². The van der Waals surface area contributed by atoms with Crippen LogP contribution in [-0.4, -0.2) is 42.2 Å². The summed E-state index contributed by atoms with van der Waals surface area (Å²) in [6, 6.07) is 9.90. The molecule has 0 saturated heterocycles. The number of carbonyl (C=O) groups is 1. The molecule has 0 radical (unpaired) electrons. The third-order valence-electron chi connectivity index (χ3n) is 4.45. The Morgan fingerprint density at radius 1 is 1.33 bits per heavy atom. The number of hydrogen-bond acceptors (Lipinski definition) is 3. The highest BCUT2D eigenvalue weighted by Gasteiger charge is 2.38. The first-order chi connectivity index (χ1) is 10.0. The van der Waals surface area contributed by atoms with Gasteiger partial charge in [0.05, 0.1) is 0 Å². The van der Waals surface area contributed by atoms with Gasteiger partial charge < -0.3 is 15.3 Å². The van der Waals surface area contributed by atoms with Crippen LogP contribution in [0.15, 0.2) is 30.3 Å². The molecular weight excluding hydrogens is 264 g/mol. The van der Waals surface area contributed by atoms with E-state index < -0.39 is 11.5 Å². The third-order valence-corrected chi connectivity index (χ3v) is 4.45. The molecule has 0 aliphatic rings. The van der Waals surface area contributed by atoms with E-state index in [0.717, 1.165) is 25.1 Å². The number of rotatable bonds is 9. The lowest BCUT2D eigenvalue weighted by Crippen LogP contribution is -2.50. The molecule has 0 amide bonds. The van der Waals surface area contributed by atoms with Crippen LogP contribution in [0.5, 0.6) is 0 Å². The van der Waals surface area contributed by atoms with Crippen molar-refractivity contribution >= 4 is 5.97 Å². The highest BCUT2D eigenvalue weighted by atomic mass is 16.4. The van der Waals surface area contributed by atoms with Gasteiger partial charge in [-0.15, -0.1) is 0 Å². The second-order valence-electron chi connectivity index (χ2n) is 5.46. The minimum absolute atomic E-state index is 0.467. The molecule has 4 nitrogen and oxygen atoms in total. The Kier molecular flexibility index (Phi) is 6.85. The van der Waals surface area contributed by atoms with Gasteiger partial charge in [-0.1, -0.05) is 44.2 Å². The van der Waals surface area contributed by atoms with Crippen molar-refractivity contribution in [3.05, 3.63) is 35.9 Å². The van der Waals surface area contributed by atoms with E-state index >= 15 is 0 Å². The monoisotopic (exact) mass is 292 g/mol. The number of aliphatic carboxylic acids is 1. The average molecular weight is 292 g/mol. The largest absolute Gasteiger partial charge is 0.480 e. The van der Waals surface area contributed by atoms with Crippen molar-refractivity contribution in [3.8, 4) is 0 Å². The zero-order chi connectivity index (χ0) is 15.9. The van der Waals surface area contributed by atoms with Gasteiger partial charge in [-0.2, -0.15) is 0 Å². The molecule has 2 N–H and O–H groups in total. The Balaban J connectivity index is 2.97. The third kappa shape index (κ3) is 4.05. The molecule has 118 valence electrons. The normalized spacial score (nSPS) is 15.7. The zero-order valence-electron chi connectivity index (χ0n) is 13.6. The van der Waals surface area contributed by atoms with Crippen molar-refractivity contribution in [1.29, 1.82) is 0 Å². The van der Waals surface area contributed by atoms with Crippen molar-refractivity contribution in [3.63, 3.8) is 0 Å². The quantitative estimate of drug-likeness (QED) is 0.735. The molecule has 1 rings (SSSR count). The van der Waals surface area contributed by atoms with Crippen molar-refractivity contribution in [2.45, 2.75) is 45.2 Å². The zero-order valence-corrected chi connectivity index (χ0v) is 13.6. The molecule has 1 aromatic carbocycles. The Hall–Kier alpha value is -1.39. The van der Waals surface area contributed by atoms with Crippen LogP contribution < -0.4 is 5.32 Å². The lowest BCUT2D eigenvalue weighted by atomic mass is 9.86. The summed E-state index contributed by atoms with van der Waals surface area (Å²) in [5.41, 5.74) is -0.220. The second kappa shape index (κ2) is 8.15. The van der Waals surface area contributed by atoms with Gasteiger partial charge >= 0.3 is 5.97 Å². The number of nitrogens with zero attached hydrogens (tertiary/aromatic N) is 1. The summed E-state index contributed by atoms with van der Waals surface area (Å²) >= 11 is 0. The average Bonchev–Trinajstić information content (AvgIpc) is 2.52. The van der Waals surface area contributed by atoms with Gasteiger partial charge in [0.1, 0.15) is 5.54 Å². The van der Waals surface area contributed by atoms with Crippen LogP contribution in [0, 0.1) is 0 Å². The molecule has 0 spiro atoms. The van der Waals surface area contributed by atoms with Crippen LogP contribution in [0.2, 0.25) is 0 Å². The predicted molar refractivity (Wildman–Crippen MR) is 86.4 cm³/mol. The minimum Gasteiger partial charge on any atom is -0.480 e. The van der Waals surface area contributed by atoms with Crippen LogP contribution >= 0.6 is 0 Å². The van der Waals surface area contributed by atoms with E-state index in [0.29, 0.717) is 12.5 Å². The number of likely N-dealkylation sites (N-methyl/N-ethyl adjacent to an activating group) is 1. The van der Waals surface area contributed by atoms with Gasteiger partial charge in [-0.05, 0) is 38.9 Å². The van der Waals surface area contributed by atoms with Gasteiger partial charge in [0, 0.05) is 12.6 Å². The molecule has 2 unspecified atom stereocenters. The molecule has 4 heteroatoms. The standard InChI is InChI=1S/C17H28N2O2/c1-5-14(3)19(6-2)13-12-17(18-4,16(20)21)15-10-8-7-9-11-15/h7-11,14,18H,5-6,12-13H2,1-4H3,(H,20,21). The van der Waals surface area contributed by atoms with Crippen molar-refractivity contribution in [2.24, 2.45) is 0 Å². The Bertz CT molecular complexity index is 436. The molecule has 2 atom stereocenters. The molecule has 0 saturated carbocycles. The first-order valence-electron chi connectivity index (χ1n) is 7.73. The van der Waals surface area contributed by atoms with E-state index in [1.807, 2.05) is 30.3 Å². The predicted octanol–water partition coefficient (Wildman–Crippen LogP) is 2.70. The van der Waals surface area contributed by atoms with Gasteiger partial charge in [0.15, 0.2) is 0 Å². The first-order valence-corrected chi connectivity index (χ1v) is 7.73. The molecule has 0 aliphatic heterocycles. The summed E-state index contributed by atoms with van der Waals surface area (Å²) in [6.07, 6.45) is 1.61. The smallest absolute Gasteiger partial charge is 0.328 e. The Labute approximate surface area is 128 Å². The minimum atomic E-state index is -1.03. The number of carboxylic acids is 1. The SMILES string of the molecule is CCC(C)N(CC)CCC(NC)(C(=O)O)c1ccccc1. The number of nitrogens with one attached hydrogen (secondary N) is 1. The number of benzene rings is 1. The van der Waals surface area contributed by atoms with Gasteiger partial charge in [0.2, 0.25) is 0 Å². The number of hydrogen-bond donors (Lipinski definition) is 2. The summed E-state index contributed by atoms with van der Waals surface area (Å²) in [5.74, 6) is -0.823. The second-order valence-corrected chi connectivity index (χ2v) is 5.46. The van der Waals surface area contributed by atoms with Crippen LogP contribution in [-0.2, 0) is 10.3 Å². The van der Waals surface area contributed by atoms with Crippen molar-refractivity contribution in [1.82, 2.24) is 10.2 Å². The summed E-state index contributed by atoms with van der Waals surface area (Å²) in [6.45, 7) is 8.16. The van der Waals surface area contributed by atoms with Gasteiger partial charge in [0.25, 0.3) is 0 Å². The molecule has 0 fully saturated rings. The molecule has 0 aliphatic carbocycles. The highest BCUT2D eigenvalue weighted by Crippen LogP contribution is 2.26. The highest BCUT2D eigenvalue weighted by molar-refractivity contribution is 5.80. The fourth-order valence-corrected chi connectivity index (χ4v) is 2.73. The van der Waals surface area contributed by atoms with Crippen molar-refractivity contribution in [2.75, 3.05) is 20.1 Å². The fourth-order valence-electron chi connectivity index (χ4n) is 2.73. The first kappa shape index (κ1) is 17.7. The van der Waals surface area contributed by atoms with Crippen LogP contribution in [0.1, 0.15) is 39.2 Å². The van der Waals surface area contributed by atoms with Crippen LogP contribution in [0.25, 0.3) is 0 Å². The van der Waals surface area contributed by atoms with E-state index in [4.69, 9.17) is 0 Å². The summed E-state index contributed by atoms with van der Waals surface area (Å²) in [7, 11) is 1.72. The fraction of sp³-hybridized carbons (Fsp3) is 0.588. The molecule has 1 aromatic rings. The van der Waals surface area contributed by atoms with Crippen molar-refractivity contribution < 1.29 is 9.90 Å². The van der Waals surface area contributed by atoms with E-state index in [1.54, 1.807) is 7.05 Å². The molecule has 0 heterocycles. The summed E-state index contributed by atoms with van der Waals surface area (Å²) in [5, 5.41) is 12.8. The Morgan fingerprint density at radius 3 is 2.38 bits per heavy atom. The van der Waals surface area contributed by atoms with Crippen LogP contribution in [0.3, 0.4) is 0 Å². The maximum absolute atomic E-state index is 11.9. The molecule has 0 aromatic heterocycles. The van der Waals surface area contributed by atoms with E-state index in [2.05, 4.69) is 31.0 Å². The Morgan fingerprint density at radius 2 is 1.95 bits per heavy atom. The van der Waals surface area contributed by atoms with E-state index in [1.165, 1.54) is 0 Å². The molecular formula is C17H28N2O2.